The summed E-state index contributed by atoms with van der Waals surface area (Å²) in [5.41, 5.74) is 0. The fourth-order valence-corrected chi connectivity index (χ4v) is 1.63. The molecule has 5 heteroatoms. The number of rotatable bonds is 2. The molecule has 1 saturated heterocycles. The van der Waals surface area contributed by atoms with Gasteiger partial charge in [-0.1, -0.05) is 15.9 Å². The Morgan fingerprint density at radius 2 is 2.17 bits per heavy atom. The molecule has 2 atom stereocenters. The summed E-state index contributed by atoms with van der Waals surface area (Å²) in [6.45, 7) is 3.40. The van der Waals surface area contributed by atoms with Crippen LogP contribution in [0.3, 0.4) is 0 Å². The van der Waals surface area contributed by atoms with Crippen molar-refractivity contribution in [1.29, 1.82) is 0 Å². The molecule has 12 heavy (non-hydrogen) atoms. The number of carboxylic acid groups (broad SMARTS) is 1. The second-order valence-electron chi connectivity index (χ2n) is 3.09. The van der Waals surface area contributed by atoms with E-state index in [-0.39, 0.29) is 0 Å². The van der Waals surface area contributed by atoms with E-state index in [1.54, 1.807) is 13.8 Å². The Kier molecular flexibility index (Phi) is 2.75. The highest BCUT2D eigenvalue weighted by molar-refractivity contribution is 9.09. The van der Waals surface area contributed by atoms with E-state index in [4.69, 9.17) is 14.6 Å². The summed E-state index contributed by atoms with van der Waals surface area (Å²) in [4.78, 5) is 10.6. The lowest BCUT2D eigenvalue weighted by Crippen LogP contribution is -2.32. The lowest BCUT2D eigenvalue weighted by Gasteiger charge is -2.15. The topological polar surface area (TPSA) is 55.8 Å². The molecule has 0 spiro atoms. The number of carbonyl (C=O) groups is 1. The maximum Gasteiger partial charge on any atom is 0.335 e. The van der Waals surface area contributed by atoms with Crippen molar-refractivity contribution >= 4 is 21.9 Å². The monoisotopic (exact) mass is 238 g/mol. The summed E-state index contributed by atoms with van der Waals surface area (Å²) < 4.78 is 10.5. The van der Waals surface area contributed by atoms with Crippen LogP contribution in [0.2, 0.25) is 0 Å². The van der Waals surface area contributed by atoms with Crippen LogP contribution in [0.4, 0.5) is 0 Å². The Balaban J connectivity index is 2.69. The quantitative estimate of drug-likeness (QED) is 0.730. The van der Waals surface area contributed by atoms with E-state index in [2.05, 4.69) is 15.9 Å². The number of alkyl halides is 1. The molecule has 1 rings (SSSR count). The van der Waals surface area contributed by atoms with Crippen LogP contribution in [0.1, 0.15) is 13.8 Å². The molecule has 0 aromatic carbocycles. The molecule has 0 unspecified atom stereocenters. The zero-order chi connectivity index (χ0) is 9.35. The van der Waals surface area contributed by atoms with Crippen LogP contribution in [0.5, 0.6) is 0 Å². The Morgan fingerprint density at radius 3 is 2.50 bits per heavy atom. The smallest absolute Gasteiger partial charge is 0.335 e. The van der Waals surface area contributed by atoms with Crippen LogP contribution >= 0.6 is 15.9 Å². The molecule has 0 amide bonds. The third-order valence-electron chi connectivity index (χ3n) is 1.58. The Hall–Kier alpha value is -0.130. The van der Waals surface area contributed by atoms with E-state index < -0.39 is 24.0 Å². The SMILES string of the molecule is CC1(C)O[C@H](CBr)[C@H](C(=O)O)O1. The highest BCUT2D eigenvalue weighted by Crippen LogP contribution is 2.29. The Bertz CT molecular complexity index is 192. The molecule has 1 fully saturated rings. The predicted molar refractivity (Wildman–Crippen MR) is 45.3 cm³/mol. The van der Waals surface area contributed by atoms with Gasteiger partial charge in [0.2, 0.25) is 0 Å². The molecule has 4 nitrogen and oxygen atoms in total. The van der Waals surface area contributed by atoms with Crippen molar-refractivity contribution in [2.24, 2.45) is 0 Å². The van der Waals surface area contributed by atoms with Crippen LogP contribution < -0.4 is 0 Å². The van der Waals surface area contributed by atoms with E-state index in [0.717, 1.165) is 0 Å². The van der Waals surface area contributed by atoms with E-state index >= 15 is 0 Å². The van der Waals surface area contributed by atoms with Crippen molar-refractivity contribution < 1.29 is 19.4 Å². The van der Waals surface area contributed by atoms with E-state index in [0.29, 0.717) is 5.33 Å². The first-order valence-electron chi connectivity index (χ1n) is 3.60. The number of hydrogen-bond donors (Lipinski definition) is 1. The minimum absolute atomic E-state index is 0.405. The highest BCUT2D eigenvalue weighted by atomic mass is 79.9. The summed E-state index contributed by atoms with van der Waals surface area (Å²) >= 11 is 3.17. The van der Waals surface area contributed by atoms with E-state index in [1.165, 1.54) is 0 Å². The molecule has 0 aromatic rings. The molecule has 1 aliphatic rings. The highest BCUT2D eigenvalue weighted by Gasteiger charge is 2.44. The summed E-state index contributed by atoms with van der Waals surface area (Å²) in [5.74, 6) is -1.77. The van der Waals surface area contributed by atoms with Gasteiger partial charge in [-0.3, -0.25) is 0 Å². The van der Waals surface area contributed by atoms with Crippen molar-refractivity contribution in [3.8, 4) is 0 Å². The molecule has 1 heterocycles. The zero-order valence-electron chi connectivity index (χ0n) is 6.91. The molecule has 1 aliphatic heterocycles. The Labute approximate surface area is 79.0 Å². The number of halogens is 1. The molecule has 70 valence electrons. The van der Waals surface area contributed by atoms with Gasteiger partial charge in [-0.2, -0.15) is 0 Å². The lowest BCUT2D eigenvalue weighted by molar-refractivity contribution is -0.165. The third-order valence-corrected chi connectivity index (χ3v) is 2.22. The second-order valence-corrected chi connectivity index (χ2v) is 3.73. The fourth-order valence-electron chi connectivity index (χ4n) is 1.16. The maximum atomic E-state index is 10.6. The number of ether oxygens (including phenoxy) is 2. The Morgan fingerprint density at radius 1 is 1.58 bits per heavy atom. The largest absolute Gasteiger partial charge is 0.479 e. The molecule has 0 radical (unpaired) electrons. The summed E-state index contributed by atoms with van der Waals surface area (Å²) in [6.07, 6.45) is -1.27. The van der Waals surface area contributed by atoms with Crippen molar-refractivity contribution in [3.05, 3.63) is 0 Å². The van der Waals surface area contributed by atoms with Crippen LogP contribution in [0, 0.1) is 0 Å². The van der Waals surface area contributed by atoms with Crippen LogP contribution in [0.25, 0.3) is 0 Å². The first-order valence-corrected chi connectivity index (χ1v) is 4.73. The lowest BCUT2D eigenvalue weighted by atomic mass is 10.2. The first-order chi connectivity index (χ1) is 5.46. The van der Waals surface area contributed by atoms with Gasteiger partial charge in [-0.25, -0.2) is 4.79 Å². The first kappa shape index (κ1) is 9.95. The number of hydrogen-bond acceptors (Lipinski definition) is 3. The van der Waals surface area contributed by atoms with Gasteiger partial charge in [0.15, 0.2) is 11.9 Å². The summed E-state index contributed by atoms with van der Waals surface area (Å²) in [5, 5.41) is 9.19. The minimum Gasteiger partial charge on any atom is -0.479 e. The van der Waals surface area contributed by atoms with E-state index in [9.17, 15) is 4.79 Å². The normalized spacial score (nSPS) is 33.6. The van der Waals surface area contributed by atoms with Crippen molar-refractivity contribution in [1.82, 2.24) is 0 Å². The minimum atomic E-state index is -0.981. The number of aliphatic carboxylic acids is 1. The third kappa shape index (κ3) is 1.97. The van der Waals surface area contributed by atoms with Crippen molar-refractivity contribution in [2.45, 2.75) is 31.8 Å². The van der Waals surface area contributed by atoms with Gasteiger partial charge in [0.25, 0.3) is 0 Å². The average molecular weight is 239 g/mol. The predicted octanol–water partition coefficient (Wildman–Crippen LogP) is 0.986. The molecule has 0 aliphatic carbocycles. The molecule has 1 N–H and O–H groups in total. The number of carboxylic acids is 1. The molecular formula is C7H11BrO4. The molecule has 0 saturated carbocycles. The van der Waals surface area contributed by atoms with Gasteiger partial charge < -0.3 is 14.6 Å². The molecular weight excluding hydrogens is 228 g/mol. The average Bonchev–Trinajstić information content (AvgIpc) is 2.25. The molecule has 0 aromatic heterocycles. The van der Waals surface area contributed by atoms with Gasteiger partial charge >= 0.3 is 5.97 Å². The zero-order valence-corrected chi connectivity index (χ0v) is 8.50. The van der Waals surface area contributed by atoms with Crippen molar-refractivity contribution in [3.63, 3.8) is 0 Å². The van der Waals surface area contributed by atoms with Crippen LogP contribution in [-0.2, 0) is 14.3 Å². The second kappa shape index (κ2) is 3.32. The van der Waals surface area contributed by atoms with Crippen LogP contribution in [-0.4, -0.2) is 34.4 Å². The summed E-state index contributed by atoms with van der Waals surface area (Å²) in [7, 11) is 0. The van der Waals surface area contributed by atoms with Gasteiger partial charge in [0.05, 0.1) is 0 Å². The van der Waals surface area contributed by atoms with Gasteiger partial charge in [0.1, 0.15) is 6.10 Å². The van der Waals surface area contributed by atoms with Crippen LogP contribution in [0.15, 0.2) is 0 Å². The van der Waals surface area contributed by atoms with Gasteiger partial charge in [0, 0.05) is 5.33 Å². The fraction of sp³-hybridized carbons (Fsp3) is 0.857. The standard InChI is InChI=1S/C7H11BrO4/c1-7(2)11-4(3-8)5(12-7)6(9)10/h4-5H,3H2,1-2H3,(H,9,10)/t4-,5-/m1/s1. The van der Waals surface area contributed by atoms with Crippen molar-refractivity contribution in [2.75, 3.05) is 5.33 Å². The van der Waals surface area contributed by atoms with Gasteiger partial charge in [-0.05, 0) is 13.8 Å². The van der Waals surface area contributed by atoms with E-state index in [1.807, 2.05) is 0 Å². The van der Waals surface area contributed by atoms with Gasteiger partial charge in [-0.15, -0.1) is 0 Å². The summed E-state index contributed by atoms with van der Waals surface area (Å²) in [6, 6.07) is 0. The maximum absolute atomic E-state index is 10.6. The molecule has 0 bridgehead atoms.